The zero-order valence-electron chi connectivity index (χ0n) is 5.21. The number of rotatable bonds is 0. The summed E-state index contributed by atoms with van der Waals surface area (Å²) in [5, 5.41) is 0. The second kappa shape index (κ2) is 376. The van der Waals surface area contributed by atoms with E-state index < -0.39 is 0 Å². The van der Waals surface area contributed by atoms with Crippen LogP contribution in [0.15, 0.2) is 0 Å². The second-order valence-corrected chi connectivity index (χ2v) is 0. The molecular weight excluding hydrogens is 359 g/mol. The van der Waals surface area contributed by atoms with E-state index in [1.54, 1.807) is 0 Å². The molecule has 80 valence electrons. The molecule has 14 N–H and O–H groups in total. The van der Waals surface area contributed by atoms with Crippen molar-refractivity contribution in [2.24, 2.45) is 0 Å². The van der Waals surface area contributed by atoms with Gasteiger partial charge in [0.05, 0.1) is 0 Å². The average Bonchev–Trinajstić information content (AvgIpc) is 0. The molecule has 0 aliphatic carbocycles. The molecule has 0 bridgehead atoms. The number of halogens is 3. The molecule has 0 unspecified atom stereocenters. The van der Waals surface area contributed by atoms with Crippen LogP contribution in [0.2, 0.25) is 0 Å². The Bertz CT molecular complexity index is 13.6. The molecule has 0 rings (SSSR count). The van der Waals surface area contributed by atoms with Gasteiger partial charge in [0.15, 0.2) is 0 Å². The Morgan fingerprint density at radius 1 is 0.273 bits per heavy atom. The first-order valence-electron chi connectivity index (χ1n) is 0. The summed E-state index contributed by atoms with van der Waals surface area (Å²) in [6.07, 6.45) is 0. The van der Waals surface area contributed by atoms with Gasteiger partial charge in [-0.2, -0.15) is 0 Å². The van der Waals surface area contributed by atoms with Crippen LogP contribution >= 0.6 is 0 Å². The summed E-state index contributed by atoms with van der Waals surface area (Å²) in [7, 11) is 0. The molecule has 0 radical (unpaired) electrons. The molecule has 0 aliphatic rings. The Balaban J connectivity index is 0. The van der Waals surface area contributed by atoms with Crippen molar-refractivity contribution in [1.29, 1.82) is 0 Å². The van der Waals surface area contributed by atoms with Crippen LogP contribution in [0, 0.1) is 41.3 Å². The van der Waals surface area contributed by atoms with Crippen molar-refractivity contribution >= 4 is 0 Å². The van der Waals surface area contributed by atoms with E-state index in [2.05, 4.69) is 0 Å². The van der Waals surface area contributed by atoms with Crippen molar-refractivity contribution in [2.45, 2.75) is 0 Å². The molecule has 0 fully saturated rings. The van der Waals surface area contributed by atoms with Crippen LogP contribution in [0.25, 0.3) is 0 Å². The molecule has 0 heterocycles. The van der Waals surface area contributed by atoms with Gasteiger partial charge in [-0.05, 0) is 0 Å². The Hall–Kier alpha value is 1.95. The summed E-state index contributed by atoms with van der Waals surface area (Å²) in [6, 6.07) is 0. The van der Waals surface area contributed by atoms with Crippen molar-refractivity contribution in [3.8, 4) is 0 Å². The molecule has 0 spiro atoms. The quantitative estimate of drug-likeness (QED) is 0.386. The van der Waals surface area contributed by atoms with Gasteiger partial charge in [0, 0.05) is 0 Å². The molecule has 11 heteroatoms. The van der Waals surface area contributed by atoms with Crippen LogP contribution in [0.4, 0.5) is 0 Å². The van der Waals surface area contributed by atoms with Gasteiger partial charge in [-0.1, -0.05) is 0 Å². The molecular formula is H14Cl3O7Pr. The molecule has 0 amide bonds. The van der Waals surface area contributed by atoms with Crippen LogP contribution < -0.4 is 37.2 Å². The first kappa shape index (κ1) is 485. The van der Waals surface area contributed by atoms with Crippen LogP contribution in [0.1, 0.15) is 0 Å². The maximum atomic E-state index is 0. The first-order chi connectivity index (χ1) is 0. The van der Waals surface area contributed by atoms with Crippen molar-refractivity contribution in [1.82, 2.24) is 0 Å². The van der Waals surface area contributed by atoms with Gasteiger partial charge in [-0.25, -0.2) is 0 Å². The summed E-state index contributed by atoms with van der Waals surface area (Å²) >= 11 is 0. The van der Waals surface area contributed by atoms with E-state index in [9.17, 15) is 0 Å². The van der Waals surface area contributed by atoms with Crippen LogP contribution in [0.3, 0.4) is 0 Å². The molecule has 11 heavy (non-hydrogen) atoms. The SMILES string of the molecule is O.O.O.O.O.O.O.[Cl-].[Cl-].[Cl-].[Pr+3]. The molecule has 0 aromatic heterocycles. The van der Waals surface area contributed by atoms with E-state index in [1.807, 2.05) is 0 Å². The third-order valence-corrected chi connectivity index (χ3v) is 0. The van der Waals surface area contributed by atoms with Crippen molar-refractivity contribution in [2.75, 3.05) is 0 Å². The zero-order valence-corrected chi connectivity index (χ0v) is 11.2. The number of hydrogen-bond donors (Lipinski definition) is 0. The molecule has 0 saturated carbocycles. The van der Waals surface area contributed by atoms with E-state index in [0.717, 1.165) is 0 Å². The minimum atomic E-state index is 0. The fourth-order valence-corrected chi connectivity index (χ4v) is 0. The van der Waals surface area contributed by atoms with Gasteiger partial charge in [0.2, 0.25) is 0 Å². The van der Waals surface area contributed by atoms with E-state index >= 15 is 0 Å². The van der Waals surface area contributed by atoms with Crippen LogP contribution in [-0.4, -0.2) is 38.3 Å². The Labute approximate surface area is 116 Å². The Morgan fingerprint density at radius 2 is 0.273 bits per heavy atom. The van der Waals surface area contributed by atoms with Gasteiger partial charge < -0.3 is 75.6 Å². The van der Waals surface area contributed by atoms with E-state index in [0.29, 0.717) is 0 Å². The third-order valence-electron chi connectivity index (χ3n) is 0. The van der Waals surface area contributed by atoms with Crippen molar-refractivity contribution in [3.05, 3.63) is 0 Å². The minimum absolute atomic E-state index is 0. The van der Waals surface area contributed by atoms with E-state index in [4.69, 9.17) is 0 Å². The van der Waals surface area contributed by atoms with E-state index in [1.165, 1.54) is 0 Å². The molecule has 0 aromatic carbocycles. The van der Waals surface area contributed by atoms with Gasteiger partial charge in [0.1, 0.15) is 0 Å². The standard InChI is InChI=1S/3ClH.7H2O.Pr/h3*1H;7*1H2;/q;;;;;;;;;;+3/p-3. The normalized spacial score (nSPS) is 0. The maximum Gasteiger partial charge on any atom is 3.00 e. The monoisotopic (exact) mass is 372 g/mol. The summed E-state index contributed by atoms with van der Waals surface area (Å²) in [5.41, 5.74) is 0. The molecule has 0 aliphatic heterocycles. The molecule has 0 saturated heterocycles. The maximum absolute atomic E-state index is 0. The summed E-state index contributed by atoms with van der Waals surface area (Å²) in [6.45, 7) is 0. The molecule has 0 aromatic rings. The van der Waals surface area contributed by atoms with Crippen LogP contribution in [-0.2, 0) is 0 Å². The fourth-order valence-electron chi connectivity index (χ4n) is 0. The largest absolute Gasteiger partial charge is 3.00 e. The van der Waals surface area contributed by atoms with Gasteiger partial charge in [0.25, 0.3) is 0 Å². The fraction of sp³-hybridized carbons (Fsp3) is 0. The summed E-state index contributed by atoms with van der Waals surface area (Å²) < 4.78 is 0. The van der Waals surface area contributed by atoms with Crippen molar-refractivity contribution in [3.63, 3.8) is 0 Å². The van der Waals surface area contributed by atoms with Gasteiger partial charge in [-0.15, -0.1) is 0 Å². The zero-order chi connectivity index (χ0) is 0. The summed E-state index contributed by atoms with van der Waals surface area (Å²) in [5.74, 6) is 0. The predicted octanol–water partition coefficient (Wildman–Crippen LogP) is -14.8. The predicted molar refractivity (Wildman–Crippen MR) is 25.3 cm³/mol. The topological polar surface area (TPSA) is 220 Å². The smallest absolute Gasteiger partial charge is 1.00 e. The van der Waals surface area contributed by atoms with Crippen LogP contribution in [0.5, 0.6) is 0 Å². The molecule has 7 nitrogen and oxygen atoms in total. The minimum Gasteiger partial charge on any atom is -1.00 e. The van der Waals surface area contributed by atoms with E-state index in [-0.39, 0.29) is 117 Å². The Morgan fingerprint density at radius 3 is 0.273 bits per heavy atom. The third kappa shape index (κ3) is 310. The summed E-state index contributed by atoms with van der Waals surface area (Å²) in [4.78, 5) is 0. The van der Waals surface area contributed by atoms with Crippen molar-refractivity contribution < 1.29 is 117 Å². The van der Waals surface area contributed by atoms with Gasteiger partial charge >= 0.3 is 41.3 Å². The molecule has 0 atom stereocenters. The average molecular weight is 373 g/mol. The second-order valence-electron chi connectivity index (χ2n) is 0. The first-order valence-corrected chi connectivity index (χ1v) is 0. The van der Waals surface area contributed by atoms with Gasteiger partial charge in [-0.3, -0.25) is 0 Å². The Kier molecular flexibility index (Phi) is 16600. The number of hydrogen-bond acceptors (Lipinski definition) is 0.